The van der Waals surface area contributed by atoms with Crippen LogP contribution in [-0.2, 0) is 25.7 Å². The van der Waals surface area contributed by atoms with Crippen molar-refractivity contribution in [3.8, 4) is 5.75 Å². The van der Waals surface area contributed by atoms with E-state index in [1.165, 1.54) is 11.3 Å². The summed E-state index contributed by atoms with van der Waals surface area (Å²) in [7, 11) is 3.18. The minimum absolute atomic E-state index is 0.153. The lowest BCUT2D eigenvalue weighted by atomic mass is 10.3. The van der Waals surface area contributed by atoms with E-state index in [2.05, 4.69) is 4.99 Å². The summed E-state index contributed by atoms with van der Waals surface area (Å²) in [6, 6.07) is 5.62. The number of imide groups is 1. The van der Waals surface area contributed by atoms with Gasteiger partial charge in [-0.3, -0.25) is 19.3 Å². The molecule has 26 heavy (non-hydrogen) atoms. The Bertz CT molecular complexity index is 914. The lowest BCUT2D eigenvalue weighted by Gasteiger charge is -2.10. The minimum Gasteiger partial charge on any atom is -0.495 e. The van der Waals surface area contributed by atoms with Gasteiger partial charge in [0.25, 0.3) is 5.91 Å². The Morgan fingerprint density at radius 1 is 1.23 bits per heavy atom. The molecule has 0 atom stereocenters. The highest BCUT2D eigenvalue weighted by Crippen LogP contribution is 2.27. The quantitative estimate of drug-likeness (QED) is 0.699. The van der Waals surface area contributed by atoms with Crippen LogP contribution in [0.1, 0.15) is 12.8 Å². The van der Waals surface area contributed by atoms with Gasteiger partial charge in [0.2, 0.25) is 11.8 Å². The first kappa shape index (κ1) is 18.3. The molecular formula is C17H19N3O5S. The molecule has 0 radical (unpaired) electrons. The summed E-state index contributed by atoms with van der Waals surface area (Å²) >= 11 is 1.34. The second-order valence-electron chi connectivity index (χ2n) is 5.72. The standard InChI is InChI=1S/C17H19N3O5S/c1-24-9-8-19-16-11(25-2)4-3-5-12(16)26-17(19)18-13(21)10-20-14(22)6-7-15(20)23/h3-5H,6-10H2,1-2H3. The average molecular weight is 377 g/mol. The maximum atomic E-state index is 12.3. The van der Waals surface area contributed by atoms with E-state index in [9.17, 15) is 14.4 Å². The zero-order valence-electron chi connectivity index (χ0n) is 14.6. The molecule has 1 aliphatic heterocycles. The molecule has 0 bridgehead atoms. The van der Waals surface area contributed by atoms with E-state index in [1.807, 2.05) is 22.8 Å². The first-order chi connectivity index (χ1) is 12.5. The smallest absolute Gasteiger partial charge is 0.268 e. The zero-order valence-corrected chi connectivity index (χ0v) is 15.4. The third kappa shape index (κ3) is 3.54. The van der Waals surface area contributed by atoms with Crippen LogP contribution in [0.4, 0.5) is 0 Å². The van der Waals surface area contributed by atoms with Gasteiger partial charge in [-0.05, 0) is 12.1 Å². The van der Waals surface area contributed by atoms with Gasteiger partial charge in [-0.1, -0.05) is 17.4 Å². The van der Waals surface area contributed by atoms with Crippen LogP contribution < -0.4 is 9.54 Å². The monoisotopic (exact) mass is 377 g/mol. The summed E-state index contributed by atoms with van der Waals surface area (Å²) in [6.45, 7) is 0.603. The number of likely N-dealkylation sites (tertiary alicyclic amines) is 1. The van der Waals surface area contributed by atoms with Crippen molar-refractivity contribution in [2.45, 2.75) is 19.4 Å². The molecule has 0 N–H and O–H groups in total. The maximum absolute atomic E-state index is 12.3. The van der Waals surface area contributed by atoms with Crippen LogP contribution in [0.2, 0.25) is 0 Å². The molecule has 1 aliphatic rings. The van der Waals surface area contributed by atoms with Crippen LogP contribution >= 0.6 is 11.3 Å². The number of benzene rings is 1. The molecule has 1 fully saturated rings. The number of thiazole rings is 1. The molecule has 2 heterocycles. The van der Waals surface area contributed by atoms with Crippen LogP contribution in [0.5, 0.6) is 5.75 Å². The van der Waals surface area contributed by atoms with E-state index in [0.717, 1.165) is 15.1 Å². The zero-order chi connectivity index (χ0) is 18.7. The van der Waals surface area contributed by atoms with Crippen LogP contribution in [0.3, 0.4) is 0 Å². The van der Waals surface area contributed by atoms with Crippen molar-refractivity contribution in [3.05, 3.63) is 23.0 Å². The molecule has 1 aromatic heterocycles. The number of para-hydroxylation sites is 1. The summed E-state index contributed by atoms with van der Waals surface area (Å²) < 4.78 is 13.3. The number of nitrogens with zero attached hydrogens (tertiary/aromatic N) is 3. The molecular weight excluding hydrogens is 358 g/mol. The fourth-order valence-electron chi connectivity index (χ4n) is 2.81. The number of aromatic nitrogens is 1. The molecule has 0 spiro atoms. The fraction of sp³-hybridized carbons (Fsp3) is 0.412. The van der Waals surface area contributed by atoms with Crippen LogP contribution in [0.25, 0.3) is 10.2 Å². The molecule has 1 aromatic carbocycles. The van der Waals surface area contributed by atoms with E-state index in [0.29, 0.717) is 23.7 Å². The van der Waals surface area contributed by atoms with Gasteiger partial charge in [-0.2, -0.15) is 4.99 Å². The van der Waals surface area contributed by atoms with Crippen molar-refractivity contribution in [2.75, 3.05) is 27.4 Å². The predicted octanol–water partition coefficient (Wildman–Crippen LogP) is 0.934. The Morgan fingerprint density at radius 2 is 1.96 bits per heavy atom. The molecule has 3 rings (SSSR count). The highest BCUT2D eigenvalue weighted by Gasteiger charge is 2.30. The van der Waals surface area contributed by atoms with Gasteiger partial charge in [0, 0.05) is 26.5 Å². The molecule has 0 unspecified atom stereocenters. The number of carbonyl (C=O) groups excluding carboxylic acids is 3. The molecule has 0 saturated carbocycles. The molecule has 1 saturated heterocycles. The highest BCUT2D eigenvalue weighted by atomic mass is 32.1. The van der Waals surface area contributed by atoms with Crippen LogP contribution in [0, 0.1) is 0 Å². The number of amides is 3. The van der Waals surface area contributed by atoms with E-state index in [-0.39, 0.29) is 31.2 Å². The number of fused-ring (bicyclic) bond motifs is 1. The van der Waals surface area contributed by atoms with E-state index in [1.54, 1.807) is 14.2 Å². The van der Waals surface area contributed by atoms with Crippen LogP contribution in [-0.4, -0.2) is 54.6 Å². The second kappa shape index (κ2) is 7.79. The van der Waals surface area contributed by atoms with Crippen molar-refractivity contribution in [1.29, 1.82) is 0 Å². The van der Waals surface area contributed by atoms with Gasteiger partial charge < -0.3 is 14.0 Å². The van der Waals surface area contributed by atoms with Crippen molar-refractivity contribution >= 4 is 39.3 Å². The maximum Gasteiger partial charge on any atom is 0.268 e. The number of hydrogen-bond donors (Lipinski definition) is 0. The Morgan fingerprint density at radius 3 is 2.62 bits per heavy atom. The summed E-state index contributed by atoms with van der Waals surface area (Å²) in [5.74, 6) is -0.522. The number of carbonyl (C=O) groups is 3. The Hall–Kier alpha value is -2.52. The summed E-state index contributed by atoms with van der Waals surface area (Å²) in [5, 5.41) is 0. The number of hydrogen-bond acceptors (Lipinski definition) is 6. The van der Waals surface area contributed by atoms with Gasteiger partial charge in [0.1, 0.15) is 17.8 Å². The van der Waals surface area contributed by atoms with Gasteiger partial charge >= 0.3 is 0 Å². The Labute approximate surface area is 153 Å². The van der Waals surface area contributed by atoms with Crippen LogP contribution in [0.15, 0.2) is 23.2 Å². The fourth-order valence-corrected chi connectivity index (χ4v) is 3.91. The third-order valence-corrected chi connectivity index (χ3v) is 5.12. The first-order valence-corrected chi connectivity index (χ1v) is 8.93. The Balaban J connectivity index is 2.00. The second-order valence-corrected chi connectivity index (χ2v) is 6.72. The summed E-state index contributed by atoms with van der Waals surface area (Å²) in [4.78, 5) is 41.3. The average Bonchev–Trinajstić information content (AvgIpc) is 3.13. The molecule has 2 aromatic rings. The van der Waals surface area contributed by atoms with Crippen molar-refractivity contribution in [3.63, 3.8) is 0 Å². The highest BCUT2D eigenvalue weighted by molar-refractivity contribution is 7.16. The lowest BCUT2D eigenvalue weighted by Crippen LogP contribution is -2.34. The molecule has 8 nitrogen and oxygen atoms in total. The molecule has 0 aliphatic carbocycles. The number of rotatable bonds is 6. The largest absolute Gasteiger partial charge is 0.495 e. The van der Waals surface area contributed by atoms with Gasteiger partial charge in [-0.25, -0.2) is 0 Å². The van der Waals surface area contributed by atoms with Gasteiger partial charge in [0.15, 0.2) is 4.80 Å². The number of methoxy groups -OCH3 is 2. The van der Waals surface area contributed by atoms with Crippen molar-refractivity contribution in [2.24, 2.45) is 4.99 Å². The topological polar surface area (TPSA) is 90.2 Å². The molecule has 9 heteroatoms. The normalized spacial score (nSPS) is 15.3. The van der Waals surface area contributed by atoms with Crippen molar-refractivity contribution in [1.82, 2.24) is 9.47 Å². The minimum atomic E-state index is -0.537. The Kier molecular flexibility index (Phi) is 5.48. The first-order valence-electron chi connectivity index (χ1n) is 8.11. The van der Waals surface area contributed by atoms with E-state index >= 15 is 0 Å². The summed E-state index contributed by atoms with van der Waals surface area (Å²) in [6.07, 6.45) is 0.306. The van der Waals surface area contributed by atoms with Crippen molar-refractivity contribution < 1.29 is 23.9 Å². The van der Waals surface area contributed by atoms with E-state index < -0.39 is 5.91 Å². The van der Waals surface area contributed by atoms with E-state index in [4.69, 9.17) is 9.47 Å². The third-order valence-electron chi connectivity index (χ3n) is 4.07. The number of ether oxygens (including phenoxy) is 2. The van der Waals surface area contributed by atoms with Gasteiger partial charge in [0.05, 0.1) is 18.4 Å². The molecule has 138 valence electrons. The summed E-state index contributed by atoms with van der Waals surface area (Å²) in [5.41, 5.74) is 0.830. The lowest BCUT2D eigenvalue weighted by molar-refractivity contribution is -0.141. The predicted molar refractivity (Wildman–Crippen MR) is 94.8 cm³/mol. The molecule has 3 amide bonds. The SMILES string of the molecule is COCCn1c(=NC(=O)CN2C(=O)CCC2=O)sc2cccc(OC)c21. The van der Waals surface area contributed by atoms with Gasteiger partial charge in [-0.15, -0.1) is 0 Å².